The number of fused-ring (bicyclic) bond motifs is 1. The van der Waals surface area contributed by atoms with Crippen molar-refractivity contribution in [3.8, 4) is 16.9 Å². The number of hydrogen-bond acceptors (Lipinski definition) is 9. The van der Waals surface area contributed by atoms with E-state index in [4.69, 9.17) is 4.74 Å². The van der Waals surface area contributed by atoms with E-state index in [2.05, 4.69) is 31.2 Å². The van der Waals surface area contributed by atoms with Crippen LogP contribution in [0, 0.1) is 0 Å². The molecule has 5 aromatic rings. The largest absolute Gasteiger partial charge is 0.506 e. The summed E-state index contributed by atoms with van der Waals surface area (Å²) in [6, 6.07) is 28.2. The summed E-state index contributed by atoms with van der Waals surface area (Å²) in [6.07, 6.45) is 1.69. The predicted octanol–water partition coefficient (Wildman–Crippen LogP) is 5.45. The molecule has 1 aliphatic rings. The van der Waals surface area contributed by atoms with Crippen LogP contribution in [0.5, 0.6) is 5.75 Å². The third-order valence-corrected chi connectivity index (χ3v) is 9.89. The lowest BCUT2D eigenvalue weighted by atomic mass is 10.0. The van der Waals surface area contributed by atoms with Gasteiger partial charge < -0.3 is 35.7 Å². The van der Waals surface area contributed by atoms with Gasteiger partial charge in [-0.1, -0.05) is 78.1 Å². The third-order valence-electron chi connectivity index (χ3n) is 8.94. The van der Waals surface area contributed by atoms with Crippen molar-refractivity contribution in [1.29, 1.82) is 0 Å². The zero-order valence-electron chi connectivity index (χ0n) is 28.7. The number of phenols is 1. The number of piperidine rings is 1. The van der Waals surface area contributed by atoms with Crippen LogP contribution in [0.4, 0.5) is 16.2 Å². The summed E-state index contributed by atoms with van der Waals surface area (Å²) in [4.78, 5) is 54.1. The van der Waals surface area contributed by atoms with Gasteiger partial charge in [0.1, 0.15) is 17.4 Å². The van der Waals surface area contributed by atoms with Crippen LogP contribution >= 0.6 is 11.3 Å². The van der Waals surface area contributed by atoms with Gasteiger partial charge >= 0.3 is 11.0 Å². The number of ether oxygens (including phenoxy) is 1. The van der Waals surface area contributed by atoms with Gasteiger partial charge in [0, 0.05) is 43.9 Å². The number of nitrogens with zero attached hydrogens (tertiary/aromatic N) is 1. The molecule has 13 heteroatoms. The number of aromatic hydroxyl groups is 1. The molecule has 2 heterocycles. The minimum absolute atomic E-state index is 0.0427. The average Bonchev–Trinajstić information content (AvgIpc) is 3.56. The molecule has 1 aliphatic heterocycles. The number of amides is 3. The van der Waals surface area contributed by atoms with E-state index in [1.54, 1.807) is 12.1 Å². The second-order valence-corrected chi connectivity index (χ2v) is 13.6. The molecule has 3 amide bonds. The van der Waals surface area contributed by atoms with Gasteiger partial charge in [0.05, 0.1) is 16.9 Å². The number of carbonyl (C=O) groups is 3. The van der Waals surface area contributed by atoms with E-state index < -0.39 is 6.09 Å². The molecule has 270 valence electrons. The standard InChI is InChI=1S/C39H42N6O6S/c46-33-15-12-28(37-36(33)44-39(50)52-37)16-20-40-25-35(48)41-24-26-10-13-29(14-11-26)42-34(47)19-23-45-21-17-30(18-22-45)51-38(49)43-32-9-5-4-8-31(32)27-6-2-1-3-7-27/h1-15,30,40,46H,16-25H2,(H,41,48)(H,42,47)(H,43,49)(H,44,50). The molecule has 0 spiro atoms. The Morgan fingerprint density at radius 1 is 0.885 bits per heavy atom. The van der Waals surface area contributed by atoms with E-state index >= 15 is 0 Å². The van der Waals surface area contributed by atoms with E-state index in [0.717, 1.165) is 51.4 Å². The Bertz CT molecular complexity index is 2040. The number of anilines is 2. The molecule has 0 radical (unpaired) electrons. The second-order valence-electron chi connectivity index (χ2n) is 12.6. The van der Waals surface area contributed by atoms with Crippen LogP contribution in [0.2, 0.25) is 0 Å². The van der Waals surface area contributed by atoms with Crippen LogP contribution in [0.1, 0.15) is 30.4 Å². The molecule has 0 bridgehead atoms. The number of benzene rings is 4. The zero-order valence-corrected chi connectivity index (χ0v) is 29.5. The lowest BCUT2D eigenvalue weighted by Gasteiger charge is -2.31. The number of H-pyrrole nitrogens is 1. The fourth-order valence-corrected chi connectivity index (χ4v) is 7.05. The van der Waals surface area contributed by atoms with Crippen molar-refractivity contribution in [3.05, 3.63) is 112 Å². The molecule has 12 nitrogen and oxygen atoms in total. The van der Waals surface area contributed by atoms with Gasteiger partial charge in [0.15, 0.2) is 0 Å². The van der Waals surface area contributed by atoms with Crippen LogP contribution in [0.3, 0.4) is 0 Å². The molecular formula is C39H42N6O6S. The molecule has 0 saturated carbocycles. The van der Waals surface area contributed by atoms with Crippen molar-refractivity contribution in [3.63, 3.8) is 0 Å². The quantitative estimate of drug-likeness (QED) is 0.0824. The van der Waals surface area contributed by atoms with Gasteiger partial charge in [0.25, 0.3) is 0 Å². The summed E-state index contributed by atoms with van der Waals surface area (Å²) in [6.45, 7) is 3.11. The van der Waals surface area contributed by atoms with Crippen molar-refractivity contribution >= 4 is 50.8 Å². The van der Waals surface area contributed by atoms with Gasteiger partial charge in [-0.3, -0.25) is 19.7 Å². The number of phenolic OH excluding ortho intramolecular Hbond substituents is 1. The van der Waals surface area contributed by atoms with E-state index in [0.29, 0.717) is 62.2 Å². The molecule has 0 unspecified atom stereocenters. The molecule has 0 atom stereocenters. The van der Waals surface area contributed by atoms with Crippen molar-refractivity contribution in [2.45, 2.75) is 38.3 Å². The number of aromatic nitrogens is 1. The number of thiazole rings is 1. The van der Waals surface area contributed by atoms with E-state index in [1.165, 1.54) is 0 Å². The number of rotatable bonds is 14. The molecule has 52 heavy (non-hydrogen) atoms. The molecule has 1 fully saturated rings. The van der Waals surface area contributed by atoms with Gasteiger partial charge in [-0.25, -0.2) is 4.79 Å². The topological polar surface area (TPSA) is 165 Å². The van der Waals surface area contributed by atoms with Crippen LogP contribution in [0.25, 0.3) is 21.3 Å². The Kier molecular flexibility index (Phi) is 12.3. The Morgan fingerprint density at radius 3 is 2.42 bits per heavy atom. The fourth-order valence-electron chi connectivity index (χ4n) is 6.15. The zero-order chi connectivity index (χ0) is 36.3. The van der Waals surface area contributed by atoms with E-state index in [-0.39, 0.29) is 35.1 Å². The molecule has 6 N–H and O–H groups in total. The Hall–Kier alpha value is -5.50. The first kappa shape index (κ1) is 36.3. The first-order chi connectivity index (χ1) is 25.3. The number of carbonyl (C=O) groups excluding carboxylic acids is 3. The van der Waals surface area contributed by atoms with Crippen LogP contribution in [0.15, 0.2) is 95.8 Å². The highest BCUT2D eigenvalue weighted by Gasteiger charge is 2.23. The Morgan fingerprint density at radius 2 is 1.63 bits per heavy atom. The number of para-hydroxylation sites is 1. The maximum Gasteiger partial charge on any atom is 0.411 e. The summed E-state index contributed by atoms with van der Waals surface area (Å²) >= 11 is 1.06. The van der Waals surface area contributed by atoms with Crippen LogP contribution in [-0.4, -0.2) is 71.7 Å². The van der Waals surface area contributed by atoms with Crippen molar-refractivity contribution in [1.82, 2.24) is 20.5 Å². The molecule has 4 aromatic carbocycles. The molecule has 1 saturated heterocycles. The van der Waals surface area contributed by atoms with Gasteiger partial charge in [-0.05, 0) is 66.8 Å². The monoisotopic (exact) mass is 722 g/mol. The summed E-state index contributed by atoms with van der Waals surface area (Å²) in [7, 11) is 0. The summed E-state index contributed by atoms with van der Waals surface area (Å²) in [5.41, 5.74) is 5.60. The third kappa shape index (κ3) is 10.1. The summed E-state index contributed by atoms with van der Waals surface area (Å²) < 4.78 is 6.46. The first-order valence-electron chi connectivity index (χ1n) is 17.3. The molecular weight excluding hydrogens is 681 g/mol. The molecule has 6 rings (SSSR count). The Labute approximate surface area is 305 Å². The maximum absolute atomic E-state index is 12.7. The lowest BCUT2D eigenvalue weighted by molar-refractivity contribution is -0.120. The lowest BCUT2D eigenvalue weighted by Crippen LogP contribution is -2.39. The number of likely N-dealkylation sites (tertiary alicyclic amines) is 1. The number of hydrogen-bond donors (Lipinski definition) is 6. The predicted molar refractivity (Wildman–Crippen MR) is 204 cm³/mol. The number of nitrogens with one attached hydrogen (secondary N) is 5. The highest BCUT2D eigenvalue weighted by molar-refractivity contribution is 7.16. The molecule has 1 aromatic heterocycles. The van der Waals surface area contributed by atoms with Crippen LogP contribution in [-0.2, 0) is 27.3 Å². The Balaban J connectivity index is 0.839. The van der Waals surface area contributed by atoms with Gasteiger partial charge in [0.2, 0.25) is 11.8 Å². The summed E-state index contributed by atoms with van der Waals surface area (Å²) in [5.74, 6) is -0.190. The van der Waals surface area contributed by atoms with Crippen molar-refractivity contribution in [2.24, 2.45) is 0 Å². The van der Waals surface area contributed by atoms with E-state index in [1.807, 2.05) is 78.9 Å². The second kappa shape index (κ2) is 17.6. The number of aromatic amines is 1. The first-order valence-corrected chi connectivity index (χ1v) is 18.2. The minimum Gasteiger partial charge on any atom is -0.506 e. The maximum atomic E-state index is 12.7. The van der Waals surface area contributed by atoms with Crippen molar-refractivity contribution in [2.75, 3.05) is 43.4 Å². The van der Waals surface area contributed by atoms with Gasteiger partial charge in [-0.15, -0.1) is 0 Å². The van der Waals surface area contributed by atoms with Gasteiger partial charge in [-0.2, -0.15) is 0 Å². The SMILES string of the molecule is O=C(CNCCc1ccc(O)c2[nH]c(=O)sc12)NCc1ccc(NC(=O)CCN2CCC(OC(=O)Nc3ccccc3-c3ccccc3)CC2)cc1. The highest BCUT2D eigenvalue weighted by atomic mass is 32.1. The smallest absolute Gasteiger partial charge is 0.411 e. The van der Waals surface area contributed by atoms with E-state index in [9.17, 15) is 24.3 Å². The van der Waals surface area contributed by atoms with Crippen molar-refractivity contribution < 1.29 is 24.2 Å². The average molecular weight is 723 g/mol. The minimum atomic E-state index is -0.467. The molecule has 0 aliphatic carbocycles. The fraction of sp³-hybridized carbons (Fsp3) is 0.282. The normalized spacial score (nSPS) is 13.5. The summed E-state index contributed by atoms with van der Waals surface area (Å²) in [5, 5.41) is 21.8. The highest BCUT2D eigenvalue weighted by Crippen LogP contribution is 2.29. The van der Waals surface area contributed by atoms with Crippen LogP contribution < -0.4 is 26.1 Å².